The van der Waals surface area contributed by atoms with Crippen LogP contribution in [0.1, 0.15) is 39.2 Å². The maximum absolute atomic E-state index is 13.3. The number of aromatic nitrogens is 1. The molecule has 4 rings (SSSR count). The molecule has 29 heavy (non-hydrogen) atoms. The minimum atomic E-state index is -0.188. The Morgan fingerprint density at radius 2 is 2.03 bits per heavy atom. The molecular formula is C22H20ClN3O2S. The van der Waals surface area contributed by atoms with Crippen LogP contribution in [0.3, 0.4) is 0 Å². The second kappa shape index (κ2) is 8.76. The van der Waals surface area contributed by atoms with Crippen LogP contribution in [0.2, 0.25) is 5.02 Å². The second-order valence-corrected chi connectivity index (χ2v) is 8.25. The van der Waals surface area contributed by atoms with E-state index in [0.717, 1.165) is 41.8 Å². The van der Waals surface area contributed by atoms with Crippen LogP contribution >= 0.6 is 22.9 Å². The molecule has 1 amide bonds. The van der Waals surface area contributed by atoms with Crippen molar-refractivity contribution in [3.63, 3.8) is 0 Å². The molecule has 5 nitrogen and oxygen atoms in total. The molecule has 0 unspecified atom stereocenters. The molecule has 148 valence electrons. The van der Waals surface area contributed by atoms with Crippen LogP contribution in [0.15, 0.2) is 47.7 Å². The highest BCUT2D eigenvalue weighted by molar-refractivity contribution is 7.16. The molecule has 1 aliphatic carbocycles. The number of methoxy groups -OCH3 is 1. The number of halogens is 1. The average molecular weight is 426 g/mol. The fourth-order valence-corrected chi connectivity index (χ4v) is 4.82. The van der Waals surface area contributed by atoms with Crippen molar-refractivity contribution in [3.8, 4) is 5.75 Å². The Kier molecular flexibility index (Phi) is 5.92. The van der Waals surface area contributed by atoms with Gasteiger partial charge in [0.1, 0.15) is 10.8 Å². The van der Waals surface area contributed by atoms with Crippen molar-refractivity contribution in [3.05, 3.63) is 69.3 Å². The largest absolute Gasteiger partial charge is 0.495 e. The van der Waals surface area contributed by atoms with Crippen LogP contribution < -0.4 is 10.1 Å². The molecule has 0 fully saturated rings. The molecular weight excluding hydrogens is 406 g/mol. The molecule has 7 heteroatoms. The van der Waals surface area contributed by atoms with E-state index in [9.17, 15) is 4.79 Å². The summed E-state index contributed by atoms with van der Waals surface area (Å²) in [6.07, 6.45) is 9.33. The lowest BCUT2D eigenvalue weighted by Gasteiger charge is -2.14. The molecule has 3 aromatic rings. The first kappa shape index (κ1) is 19.6. The molecule has 0 spiro atoms. The van der Waals surface area contributed by atoms with Gasteiger partial charge in [0, 0.05) is 28.5 Å². The van der Waals surface area contributed by atoms with Crippen molar-refractivity contribution >= 4 is 45.7 Å². The topological polar surface area (TPSA) is 63.6 Å². The van der Waals surface area contributed by atoms with Gasteiger partial charge >= 0.3 is 0 Å². The highest BCUT2D eigenvalue weighted by Crippen LogP contribution is 2.40. The number of anilines is 1. The number of thiophene rings is 1. The number of benzene rings is 1. The zero-order valence-electron chi connectivity index (χ0n) is 15.9. The molecule has 1 aromatic carbocycles. The van der Waals surface area contributed by atoms with Gasteiger partial charge in [0.15, 0.2) is 0 Å². The van der Waals surface area contributed by atoms with E-state index >= 15 is 0 Å². The molecule has 1 aliphatic rings. The summed E-state index contributed by atoms with van der Waals surface area (Å²) >= 11 is 7.71. The molecule has 2 aromatic heterocycles. The van der Waals surface area contributed by atoms with Crippen molar-refractivity contribution < 1.29 is 9.53 Å². The average Bonchev–Trinajstić information content (AvgIpc) is 3.12. The fraction of sp³-hybridized carbons (Fsp3) is 0.227. The van der Waals surface area contributed by atoms with Gasteiger partial charge < -0.3 is 10.1 Å². The van der Waals surface area contributed by atoms with Crippen LogP contribution in [0, 0.1) is 0 Å². The Morgan fingerprint density at radius 1 is 1.24 bits per heavy atom. The summed E-state index contributed by atoms with van der Waals surface area (Å²) in [5.41, 5.74) is 3.25. The van der Waals surface area contributed by atoms with Gasteiger partial charge in [-0.05, 0) is 67.1 Å². The van der Waals surface area contributed by atoms with Crippen LogP contribution in [0.5, 0.6) is 5.75 Å². The van der Waals surface area contributed by atoms with E-state index in [4.69, 9.17) is 16.3 Å². The quantitative estimate of drug-likeness (QED) is 0.534. The van der Waals surface area contributed by atoms with Gasteiger partial charge in [0.25, 0.3) is 5.91 Å². The number of hydrogen-bond donors (Lipinski definition) is 1. The number of fused-ring (bicyclic) bond motifs is 1. The summed E-state index contributed by atoms with van der Waals surface area (Å²) in [6, 6.07) is 8.93. The molecule has 0 saturated heterocycles. The summed E-state index contributed by atoms with van der Waals surface area (Å²) in [4.78, 5) is 23.2. The van der Waals surface area contributed by atoms with Gasteiger partial charge in [-0.15, -0.1) is 11.3 Å². The zero-order valence-corrected chi connectivity index (χ0v) is 17.5. The molecule has 0 atom stereocenters. The van der Waals surface area contributed by atoms with Crippen LogP contribution in [0.4, 0.5) is 10.7 Å². The van der Waals surface area contributed by atoms with E-state index < -0.39 is 0 Å². The minimum Gasteiger partial charge on any atom is -0.495 e. The molecule has 0 aliphatic heterocycles. The predicted octanol–water partition coefficient (Wildman–Crippen LogP) is 5.69. The molecule has 2 heterocycles. The van der Waals surface area contributed by atoms with E-state index in [-0.39, 0.29) is 5.91 Å². The van der Waals surface area contributed by atoms with Gasteiger partial charge in [-0.25, -0.2) is 4.99 Å². The van der Waals surface area contributed by atoms with Gasteiger partial charge in [0.2, 0.25) is 0 Å². The number of nitrogens with one attached hydrogen (secondary N) is 1. The fourth-order valence-electron chi connectivity index (χ4n) is 3.42. The van der Waals surface area contributed by atoms with Gasteiger partial charge in [-0.1, -0.05) is 11.6 Å². The highest BCUT2D eigenvalue weighted by atomic mass is 35.5. The van der Waals surface area contributed by atoms with E-state index in [0.29, 0.717) is 22.0 Å². The van der Waals surface area contributed by atoms with Crippen LogP contribution in [-0.4, -0.2) is 24.2 Å². The molecule has 0 saturated carbocycles. The van der Waals surface area contributed by atoms with Crippen LogP contribution in [-0.2, 0) is 12.8 Å². The summed E-state index contributed by atoms with van der Waals surface area (Å²) in [7, 11) is 1.57. The third kappa shape index (κ3) is 4.33. The minimum absolute atomic E-state index is 0.188. The molecule has 0 bridgehead atoms. The third-order valence-corrected chi connectivity index (χ3v) is 6.26. The number of pyridine rings is 1. The monoisotopic (exact) mass is 425 g/mol. The number of aliphatic imine (C=N–C) groups is 1. The van der Waals surface area contributed by atoms with Gasteiger partial charge in [-0.3, -0.25) is 9.78 Å². The van der Waals surface area contributed by atoms with Crippen molar-refractivity contribution in [2.24, 2.45) is 4.99 Å². The number of hydrogen-bond acceptors (Lipinski definition) is 5. The van der Waals surface area contributed by atoms with E-state index in [2.05, 4.69) is 15.3 Å². The maximum Gasteiger partial charge on any atom is 0.259 e. The maximum atomic E-state index is 13.3. The second-order valence-electron chi connectivity index (χ2n) is 6.73. The standard InChI is InChI=1S/C22H20ClN3O2S/c1-28-18-7-6-15(23)12-17(18)26-21(27)20-16-4-2-3-5-19(16)29-22(20)25-13-14-8-10-24-11-9-14/h6-13H,2-5H2,1H3,(H,26,27)/b25-13+. The van der Waals surface area contributed by atoms with E-state index in [1.807, 2.05) is 12.1 Å². The van der Waals surface area contributed by atoms with E-state index in [1.165, 1.54) is 4.88 Å². The van der Waals surface area contributed by atoms with Crippen molar-refractivity contribution in [1.29, 1.82) is 0 Å². The predicted molar refractivity (Wildman–Crippen MR) is 118 cm³/mol. The Hall–Kier alpha value is -2.70. The first-order valence-electron chi connectivity index (χ1n) is 9.39. The lowest BCUT2D eigenvalue weighted by Crippen LogP contribution is -2.15. The summed E-state index contributed by atoms with van der Waals surface area (Å²) in [5.74, 6) is 0.375. The number of nitrogens with zero attached hydrogens (tertiary/aromatic N) is 2. The van der Waals surface area contributed by atoms with Crippen molar-refractivity contribution in [2.75, 3.05) is 12.4 Å². The smallest absolute Gasteiger partial charge is 0.259 e. The SMILES string of the molecule is COc1ccc(Cl)cc1NC(=O)c1c(/N=C/c2ccncc2)sc2c1CCCC2. The Morgan fingerprint density at radius 3 is 2.83 bits per heavy atom. The highest BCUT2D eigenvalue weighted by Gasteiger charge is 2.25. The Balaban J connectivity index is 1.70. The zero-order chi connectivity index (χ0) is 20.2. The number of carbonyl (C=O) groups is 1. The van der Waals surface area contributed by atoms with Crippen molar-refractivity contribution in [2.45, 2.75) is 25.7 Å². The number of ether oxygens (including phenoxy) is 1. The molecule has 0 radical (unpaired) electrons. The first-order chi connectivity index (χ1) is 14.2. The normalized spacial score (nSPS) is 13.3. The Labute approximate surface area is 178 Å². The number of carbonyl (C=O) groups excluding carboxylic acids is 1. The van der Waals surface area contributed by atoms with Gasteiger partial charge in [0.05, 0.1) is 18.4 Å². The first-order valence-corrected chi connectivity index (χ1v) is 10.6. The Bertz CT molecular complexity index is 1060. The number of rotatable bonds is 5. The van der Waals surface area contributed by atoms with E-state index in [1.54, 1.807) is 55.3 Å². The third-order valence-electron chi connectivity index (χ3n) is 4.83. The lowest BCUT2D eigenvalue weighted by atomic mass is 9.95. The summed E-state index contributed by atoms with van der Waals surface area (Å²) in [5, 5.41) is 4.23. The summed E-state index contributed by atoms with van der Waals surface area (Å²) < 4.78 is 5.36. The molecule has 1 N–H and O–H groups in total. The number of aryl methyl sites for hydroxylation is 1. The summed E-state index contributed by atoms with van der Waals surface area (Å²) in [6.45, 7) is 0. The lowest BCUT2D eigenvalue weighted by molar-refractivity contribution is 0.102. The number of amides is 1. The van der Waals surface area contributed by atoms with Gasteiger partial charge in [-0.2, -0.15) is 0 Å². The van der Waals surface area contributed by atoms with Crippen molar-refractivity contribution in [1.82, 2.24) is 4.98 Å². The van der Waals surface area contributed by atoms with Crippen LogP contribution in [0.25, 0.3) is 0 Å².